The van der Waals surface area contributed by atoms with E-state index in [1.165, 1.54) is 18.2 Å². The molecule has 0 aliphatic carbocycles. The number of H-pyrrole nitrogens is 1. The summed E-state index contributed by atoms with van der Waals surface area (Å²) in [7, 11) is 0. The second-order valence-corrected chi connectivity index (χ2v) is 7.57. The van der Waals surface area contributed by atoms with Crippen LogP contribution in [0, 0.1) is 11.6 Å². The average molecular weight is 476 g/mol. The van der Waals surface area contributed by atoms with E-state index >= 15 is 0 Å². The maximum atomic E-state index is 14.0. The zero-order valence-corrected chi connectivity index (χ0v) is 17.4. The normalized spacial score (nSPS) is 14.6. The Balaban J connectivity index is 1.62. The third-order valence-electron chi connectivity index (χ3n) is 5.32. The van der Waals surface area contributed by atoms with Crippen molar-refractivity contribution in [3.8, 4) is 11.4 Å². The van der Waals surface area contributed by atoms with E-state index < -0.39 is 23.4 Å². The van der Waals surface area contributed by atoms with E-state index in [0.717, 1.165) is 12.1 Å². The fraction of sp³-hybridized carbons (Fsp3) is 0.238. The van der Waals surface area contributed by atoms with Crippen LogP contribution in [0.5, 0.6) is 0 Å². The lowest BCUT2D eigenvalue weighted by Crippen LogP contribution is -2.44. The Bertz CT molecular complexity index is 1350. The Kier molecular flexibility index (Phi) is 5.48. The number of hydrogen-bond acceptors (Lipinski definition) is 7. The Morgan fingerprint density at radius 3 is 2.50 bits per heavy atom. The van der Waals surface area contributed by atoms with Crippen LogP contribution in [0.4, 0.5) is 39.7 Å². The molecule has 4 aromatic rings. The molecule has 8 nitrogen and oxygen atoms in total. The lowest BCUT2D eigenvalue weighted by molar-refractivity contribution is -0.137. The predicted octanol–water partition coefficient (Wildman–Crippen LogP) is 3.87. The minimum atomic E-state index is -4.63. The summed E-state index contributed by atoms with van der Waals surface area (Å²) < 4.78 is 68.8. The average Bonchev–Trinajstić information content (AvgIpc) is 3.21. The Hall–Kier alpha value is -3.87. The zero-order valence-electron chi connectivity index (χ0n) is 17.4. The summed E-state index contributed by atoms with van der Waals surface area (Å²) >= 11 is 0. The highest BCUT2D eigenvalue weighted by atomic mass is 19.4. The van der Waals surface area contributed by atoms with E-state index in [0.29, 0.717) is 32.2 Å². The highest BCUT2D eigenvalue weighted by Crippen LogP contribution is 2.36. The molecule has 3 N–H and O–H groups in total. The number of alkyl halides is 3. The van der Waals surface area contributed by atoms with Gasteiger partial charge in [-0.3, -0.25) is 5.10 Å². The molecule has 0 amide bonds. The number of benzene rings is 2. The molecule has 2 aromatic heterocycles. The summed E-state index contributed by atoms with van der Waals surface area (Å²) in [6.45, 7) is 2.36. The maximum Gasteiger partial charge on any atom is 0.417 e. The van der Waals surface area contributed by atoms with Gasteiger partial charge in [0.15, 0.2) is 17.5 Å². The smallest absolute Gasteiger partial charge is 0.338 e. The highest BCUT2D eigenvalue weighted by molar-refractivity contribution is 5.91. The van der Waals surface area contributed by atoms with Crippen molar-refractivity contribution in [3.63, 3.8) is 0 Å². The van der Waals surface area contributed by atoms with Gasteiger partial charge in [-0.15, -0.1) is 0 Å². The first-order valence-corrected chi connectivity index (χ1v) is 10.3. The summed E-state index contributed by atoms with van der Waals surface area (Å²) in [5.41, 5.74) is -1.16. The number of nitrogens with zero attached hydrogens (tertiary/aromatic N) is 5. The van der Waals surface area contributed by atoms with Gasteiger partial charge in [0.05, 0.1) is 10.9 Å². The third kappa shape index (κ3) is 4.21. The Morgan fingerprint density at radius 1 is 0.971 bits per heavy atom. The summed E-state index contributed by atoms with van der Waals surface area (Å²) in [6, 6.07) is 6.74. The molecule has 2 aromatic carbocycles. The number of hydrogen-bond donors (Lipinski definition) is 3. The summed E-state index contributed by atoms with van der Waals surface area (Å²) in [6.07, 6.45) is -4.63. The molecule has 1 saturated heterocycles. The molecule has 1 fully saturated rings. The molecule has 0 bridgehead atoms. The molecule has 0 radical (unpaired) electrons. The van der Waals surface area contributed by atoms with Crippen LogP contribution in [-0.2, 0) is 6.18 Å². The first-order valence-electron chi connectivity index (χ1n) is 10.3. The van der Waals surface area contributed by atoms with Crippen LogP contribution in [0.25, 0.3) is 22.3 Å². The molecule has 0 saturated carbocycles. The van der Waals surface area contributed by atoms with Gasteiger partial charge in [0.1, 0.15) is 11.3 Å². The van der Waals surface area contributed by atoms with Gasteiger partial charge in [0, 0.05) is 37.8 Å². The fourth-order valence-electron chi connectivity index (χ4n) is 3.72. The summed E-state index contributed by atoms with van der Waals surface area (Å²) in [5, 5.41) is 12.5. The van der Waals surface area contributed by atoms with Crippen molar-refractivity contribution in [2.75, 3.05) is 36.4 Å². The topological polar surface area (TPSA) is 94.7 Å². The monoisotopic (exact) mass is 476 g/mol. The Labute approximate surface area is 189 Å². The largest absolute Gasteiger partial charge is 0.417 e. The van der Waals surface area contributed by atoms with Gasteiger partial charge in [-0.25, -0.2) is 8.78 Å². The molecule has 1 aliphatic rings. The fourth-order valence-corrected chi connectivity index (χ4v) is 3.72. The predicted molar refractivity (Wildman–Crippen MR) is 115 cm³/mol. The number of anilines is 3. The van der Waals surface area contributed by atoms with Crippen molar-refractivity contribution >= 4 is 28.6 Å². The van der Waals surface area contributed by atoms with Crippen LogP contribution in [0.2, 0.25) is 0 Å². The van der Waals surface area contributed by atoms with Gasteiger partial charge in [0.25, 0.3) is 0 Å². The second kappa shape index (κ2) is 8.48. The van der Waals surface area contributed by atoms with Crippen molar-refractivity contribution in [2.24, 2.45) is 0 Å². The van der Waals surface area contributed by atoms with Crippen molar-refractivity contribution < 1.29 is 22.0 Å². The van der Waals surface area contributed by atoms with Gasteiger partial charge in [-0.2, -0.15) is 33.2 Å². The standard InChI is InChI=1S/C21H17F5N8/c22-11-9-13-16(15(23)10-11)32-33-18(13)29-19-28-17(12-3-1-2-4-14(12)21(24,25)26)30-20(31-19)34-7-5-27-6-8-34/h1-4,9-10,27H,5-8H2,(H2,28,29,30,31,32,33). The summed E-state index contributed by atoms with van der Waals surface area (Å²) in [4.78, 5) is 14.6. The van der Waals surface area contributed by atoms with Gasteiger partial charge >= 0.3 is 6.18 Å². The number of aromatic amines is 1. The molecular weight excluding hydrogens is 459 g/mol. The molecule has 1 aliphatic heterocycles. The van der Waals surface area contributed by atoms with Crippen LogP contribution in [0.1, 0.15) is 5.56 Å². The van der Waals surface area contributed by atoms with Crippen LogP contribution >= 0.6 is 0 Å². The number of nitrogens with one attached hydrogen (secondary N) is 3. The van der Waals surface area contributed by atoms with E-state index in [-0.39, 0.29) is 40.0 Å². The molecular formula is C21H17F5N8. The number of aromatic nitrogens is 5. The molecule has 0 spiro atoms. The minimum absolute atomic E-state index is 0.0147. The Morgan fingerprint density at radius 2 is 1.74 bits per heavy atom. The molecule has 0 unspecified atom stereocenters. The second-order valence-electron chi connectivity index (χ2n) is 7.57. The van der Waals surface area contributed by atoms with Crippen LogP contribution in [0.3, 0.4) is 0 Å². The number of rotatable bonds is 4. The van der Waals surface area contributed by atoms with E-state index in [4.69, 9.17) is 0 Å². The van der Waals surface area contributed by atoms with Crippen molar-refractivity contribution in [1.82, 2.24) is 30.5 Å². The maximum absolute atomic E-state index is 14.0. The lowest BCUT2D eigenvalue weighted by Gasteiger charge is -2.27. The number of halogens is 5. The van der Waals surface area contributed by atoms with Crippen molar-refractivity contribution in [1.29, 1.82) is 0 Å². The van der Waals surface area contributed by atoms with Crippen molar-refractivity contribution in [2.45, 2.75) is 6.18 Å². The van der Waals surface area contributed by atoms with E-state index in [9.17, 15) is 22.0 Å². The van der Waals surface area contributed by atoms with Crippen LogP contribution in [0.15, 0.2) is 36.4 Å². The first-order chi connectivity index (χ1) is 16.3. The summed E-state index contributed by atoms with van der Waals surface area (Å²) in [5.74, 6) is -1.78. The van der Waals surface area contributed by atoms with E-state index in [2.05, 4.69) is 35.8 Å². The molecule has 0 atom stereocenters. The van der Waals surface area contributed by atoms with Gasteiger partial charge in [0.2, 0.25) is 11.9 Å². The van der Waals surface area contributed by atoms with Crippen LogP contribution < -0.4 is 15.5 Å². The SMILES string of the molecule is Fc1cc(F)c2[nH]nc(Nc3nc(-c4ccccc4C(F)(F)F)nc(N4CCNCC4)n3)c2c1. The zero-order chi connectivity index (χ0) is 23.9. The number of piperazine rings is 1. The molecule has 13 heteroatoms. The molecule has 34 heavy (non-hydrogen) atoms. The van der Waals surface area contributed by atoms with E-state index in [1.54, 1.807) is 0 Å². The van der Waals surface area contributed by atoms with Crippen LogP contribution in [-0.4, -0.2) is 51.3 Å². The minimum Gasteiger partial charge on any atom is -0.338 e. The quantitative estimate of drug-likeness (QED) is 0.385. The van der Waals surface area contributed by atoms with Gasteiger partial charge in [-0.05, 0) is 12.1 Å². The van der Waals surface area contributed by atoms with Gasteiger partial charge < -0.3 is 15.5 Å². The lowest BCUT2D eigenvalue weighted by atomic mass is 10.1. The number of fused-ring (bicyclic) bond motifs is 1. The first kappa shape index (κ1) is 21.9. The molecule has 5 rings (SSSR count). The highest BCUT2D eigenvalue weighted by Gasteiger charge is 2.34. The van der Waals surface area contributed by atoms with Crippen molar-refractivity contribution in [3.05, 3.63) is 53.6 Å². The third-order valence-corrected chi connectivity index (χ3v) is 5.32. The molecule has 3 heterocycles. The molecule has 176 valence electrons. The van der Waals surface area contributed by atoms with Gasteiger partial charge in [-0.1, -0.05) is 18.2 Å². The van der Waals surface area contributed by atoms with E-state index in [1.807, 2.05) is 4.90 Å².